The maximum absolute atomic E-state index is 5.98. The van der Waals surface area contributed by atoms with Crippen molar-refractivity contribution >= 4 is 11.8 Å². The molecule has 0 bridgehead atoms. The van der Waals surface area contributed by atoms with E-state index in [1.807, 2.05) is 23.9 Å². The average Bonchev–Trinajstić information content (AvgIpc) is 2.56. The highest BCUT2D eigenvalue weighted by atomic mass is 32.2. The second-order valence-electron chi connectivity index (χ2n) is 5.02. The van der Waals surface area contributed by atoms with Crippen LogP contribution in [-0.2, 0) is 4.74 Å². The first-order chi connectivity index (χ1) is 10.3. The zero-order valence-corrected chi connectivity index (χ0v) is 13.9. The Labute approximate surface area is 131 Å². The van der Waals surface area contributed by atoms with Crippen LogP contribution in [0.5, 0.6) is 11.5 Å². The number of ether oxygens (including phenoxy) is 3. The lowest BCUT2D eigenvalue weighted by molar-refractivity contribution is 0.0461. The zero-order valence-electron chi connectivity index (χ0n) is 13.1. The molecule has 5 heteroatoms. The minimum atomic E-state index is 0.151. The molecule has 4 nitrogen and oxygen atoms in total. The summed E-state index contributed by atoms with van der Waals surface area (Å²) in [7, 11) is 3.37. The molecular weight excluding hydrogens is 286 g/mol. The van der Waals surface area contributed by atoms with Crippen molar-refractivity contribution in [3.8, 4) is 11.5 Å². The second-order valence-corrected chi connectivity index (χ2v) is 6.17. The summed E-state index contributed by atoms with van der Waals surface area (Å²) in [4.78, 5) is 0. The minimum absolute atomic E-state index is 0.151. The lowest BCUT2D eigenvalue weighted by Gasteiger charge is -2.32. The van der Waals surface area contributed by atoms with Gasteiger partial charge in [-0.15, -0.1) is 0 Å². The first-order valence-electron chi connectivity index (χ1n) is 7.44. The van der Waals surface area contributed by atoms with Crippen molar-refractivity contribution in [3.63, 3.8) is 0 Å². The zero-order chi connectivity index (χ0) is 15.1. The minimum Gasteiger partial charge on any atom is -0.497 e. The topological polar surface area (TPSA) is 39.7 Å². The fourth-order valence-corrected chi connectivity index (χ4v) is 3.42. The fourth-order valence-electron chi connectivity index (χ4n) is 2.52. The van der Waals surface area contributed by atoms with Crippen molar-refractivity contribution in [1.29, 1.82) is 0 Å². The third-order valence-corrected chi connectivity index (χ3v) is 4.62. The van der Waals surface area contributed by atoms with Crippen LogP contribution in [0.1, 0.15) is 24.9 Å². The molecule has 0 amide bonds. The van der Waals surface area contributed by atoms with Gasteiger partial charge in [-0.25, -0.2) is 0 Å². The maximum atomic E-state index is 5.98. The maximum Gasteiger partial charge on any atom is 0.127 e. The van der Waals surface area contributed by atoms with Gasteiger partial charge in [0.2, 0.25) is 0 Å². The van der Waals surface area contributed by atoms with Gasteiger partial charge in [0.15, 0.2) is 0 Å². The standard InChI is InChI=1S/C16H25NO3S/c1-4-7-17-16(15-11-21-9-8-20-15)13-6-5-12(18-2)10-14(13)19-3/h5-6,10,15-17H,4,7-9,11H2,1-3H3. The van der Waals surface area contributed by atoms with E-state index in [4.69, 9.17) is 14.2 Å². The number of benzene rings is 1. The number of nitrogens with one attached hydrogen (secondary N) is 1. The lowest BCUT2D eigenvalue weighted by atomic mass is 10.00. The van der Waals surface area contributed by atoms with Crippen LogP contribution >= 0.6 is 11.8 Å². The Hall–Kier alpha value is -0.910. The van der Waals surface area contributed by atoms with E-state index in [-0.39, 0.29) is 12.1 Å². The van der Waals surface area contributed by atoms with E-state index in [0.717, 1.165) is 48.1 Å². The van der Waals surface area contributed by atoms with Gasteiger partial charge in [-0.2, -0.15) is 11.8 Å². The van der Waals surface area contributed by atoms with Crippen molar-refractivity contribution in [2.24, 2.45) is 0 Å². The highest BCUT2D eigenvalue weighted by Gasteiger charge is 2.28. The Morgan fingerprint density at radius 1 is 1.38 bits per heavy atom. The lowest BCUT2D eigenvalue weighted by Crippen LogP contribution is -2.38. The predicted octanol–water partition coefficient (Wildman–Crippen LogP) is 2.88. The molecule has 0 saturated carbocycles. The van der Waals surface area contributed by atoms with Crippen molar-refractivity contribution in [2.75, 3.05) is 38.9 Å². The van der Waals surface area contributed by atoms with Gasteiger partial charge in [0, 0.05) is 23.1 Å². The third kappa shape index (κ3) is 4.28. The van der Waals surface area contributed by atoms with Gasteiger partial charge < -0.3 is 19.5 Å². The molecule has 1 heterocycles. The summed E-state index contributed by atoms with van der Waals surface area (Å²) in [6.45, 7) is 3.95. The van der Waals surface area contributed by atoms with E-state index in [9.17, 15) is 0 Å². The van der Waals surface area contributed by atoms with Crippen molar-refractivity contribution < 1.29 is 14.2 Å². The largest absolute Gasteiger partial charge is 0.497 e. The molecule has 1 aliphatic heterocycles. The molecule has 1 aromatic rings. The SMILES string of the molecule is CCCNC(c1ccc(OC)cc1OC)C1CSCCO1. The number of methoxy groups -OCH3 is 2. The molecule has 1 N–H and O–H groups in total. The average molecular weight is 311 g/mol. The monoisotopic (exact) mass is 311 g/mol. The molecule has 2 unspecified atom stereocenters. The molecule has 0 radical (unpaired) electrons. The van der Waals surface area contributed by atoms with E-state index in [2.05, 4.69) is 18.3 Å². The molecule has 1 aliphatic rings. The first-order valence-corrected chi connectivity index (χ1v) is 8.60. The molecule has 0 spiro atoms. The summed E-state index contributed by atoms with van der Waals surface area (Å²) in [5, 5.41) is 3.61. The molecule has 2 rings (SSSR count). The van der Waals surface area contributed by atoms with Gasteiger partial charge in [0.1, 0.15) is 11.5 Å². The van der Waals surface area contributed by atoms with Crippen LogP contribution in [0.15, 0.2) is 18.2 Å². The summed E-state index contributed by atoms with van der Waals surface area (Å²) in [6.07, 6.45) is 1.27. The predicted molar refractivity (Wildman–Crippen MR) is 87.6 cm³/mol. The number of rotatable bonds is 7. The van der Waals surface area contributed by atoms with Gasteiger partial charge in [0.05, 0.1) is 33.0 Å². The molecule has 1 fully saturated rings. The van der Waals surface area contributed by atoms with Gasteiger partial charge in [-0.1, -0.05) is 6.92 Å². The van der Waals surface area contributed by atoms with Crippen LogP contribution in [0.2, 0.25) is 0 Å². The van der Waals surface area contributed by atoms with Gasteiger partial charge in [-0.3, -0.25) is 0 Å². The quantitative estimate of drug-likeness (QED) is 0.838. The number of hydrogen-bond acceptors (Lipinski definition) is 5. The van der Waals surface area contributed by atoms with E-state index < -0.39 is 0 Å². The van der Waals surface area contributed by atoms with Gasteiger partial charge in [0.25, 0.3) is 0 Å². The molecular formula is C16H25NO3S. The summed E-state index contributed by atoms with van der Waals surface area (Å²) in [6, 6.07) is 6.15. The van der Waals surface area contributed by atoms with Gasteiger partial charge in [-0.05, 0) is 25.1 Å². The summed E-state index contributed by atoms with van der Waals surface area (Å²) < 4.78 is 16.8. The van der Waals surface area contributed by atoms with E-state index in [0.29, 0.717) is 0 Å². The number of thioether (sulfide) groups is 1. The summed E-state index contributed by atoms with van der Waals surface area (Å²) in [5.74, 6) is 3.75. The van der Waals surface area contributed by atoms with Gasteiger partial charge >= 0.3 is 0 Å². The molecule has 0 aliphatic carbocycles. The second kappa shape index (κ2) is 8.51. The molecule has 2 atom stereocenters. The Bertz CT molecular complexity index is 436. The number of hydrogen-bond donors (Lipinski definition) is 1. The molecule has 1 aromatic carbocycles. The fraction of sp³-hybridized carbons (Fsp3) is 0.625. The third-order valence-electron chi connectivity index (χ3n) is 3.60. The smallest absolute Gasteiger partial charge is 0.127 e. The first kappa shape index (κ1) is 16.5. The Morgan fingerprint density at radius 2 is 2.24 bits per heavy atom. The van der Waals surface area contributed by atoms with Crippen LogP contribution < -0.4 is 14.8 Å². The van der Waals surface area contributed by atoms with Crippen molar-refractivity contribution in [1.82, 2.24) is 5.32 Å². The van der Waals surface area contributed by atoms with E-state index in [1.165, 1.54) is 0 Å². The molecule has 1 saturated heterocycles. The Kier molecular flexibility index (Phi) is 6.67. The molecule has 118 valence electrons. The normalized spacial score (nSPS) is 20.0. The van der Waals surface area contributed by atoms with E-state index >= 15 is 0 Å². The Morgan fingerprint density at radius 3 is 2.86 bits per heavy atom. The van der Waals surface area contributed by atoms with Crippen LogP contribution in [-0.4, -0.2) is 45.0 Å². The van der Waals surface area contributed by atoms with E-state index in [1.54, 1.807) is 14.2 Å². The van der Waals surface area contributed by atoms with Crippen LogP contribution in [0.4, 0.5) is 0 Å². The highest BCUT2D eigenvalue weighted by Crippen LogP contribution is 2.34. The summed E-state index contributed by atoms with van der Waals surface area (Å²) >= 11 is 1.95. The van der Waals surface area contributed by atoms with Crippen LogP contribution in [0, 0.1) is 0 Å². The summed E-state index contributed by atoms with van der Waals surface area (Å²) in [5.41, 5.74) is 1.14. The van der Waals surface area contributed by atoms with Crippen molar-refractivity contribution in [3.05, 3.63) is 23.8 Å². The molecule has 21 heavy (non-hydrogen) atoms. The highest BCUT2D eigenvalue weighted by molar-refractivity contribution is 7.99. The Balaban J connectivity index is 2.25. The molecule has 0 aromatic heterocycles. The van der Waals surface area contributed by atoms with Crippen LogP contribution in [0.25, 0.3) is 0 Å². The van der Waals surface area contributed by atoms with Crippen molar-refractivity contribution in [2.45, 2.75) is 25.5 Å². The van der Waals surface area contributed by atoms with Crippen LogP contribution in [0.3, 0.4) is 0 Å².